The van der Waals surface area contributed by atoms with E-state index in [9.17, 15) is 9.59 Å². The predicted molar refractivity (Wildman–Crippen MR) is 279 cm³/mol. The van der Waals surface area contributed by atoms with Gasteiger partial charge in [0.25, 0.3) is 0 Å². The van der Waals surface area contributed by atoms with Crippen LogP contribution in [-0.2, 0) is 23.8 Å². The van der Waals surface area contributed by atoms with E-state index in [0.717, 1.165) is 103 Å². The molecule has 0 aliphatic rings. The van der Waals surface area contributed by atoms with Crippen LogP contribution in [0.5, 0.6) is 0 Å². The average Bonchev–Trinajstić information content (AvgIpc) is 3.30. The second kappa shape index (κ2) is 54.2. The lowest BCUT2D eigenvalue weighted by Gasteiger charge is -2.18. The summed E-state index contributed by atoms with van der Waals surface area (Å²) in [5.74, 6) is -0.418. The van der Waals surface area contributed by atoms with Gasteiger partial charge in [0.1, 0.15) is 19.3 Å². The predicted octanol–water partition coefficient (Wildman–Crippen LogP) is 18.2. The lowest BCUT2D eigenvalue weighted by Crippen LogP contribution is -2.29. The maximum atomic E-state index is 12.6. The molecule has 1 atom stereocenters. The molecule has 0 unspecified atom stereocenters. The van der Waals surface area contributed by atoms with Gasteiger partial charge in [0.2, 0.25) is 0 Å². The molecule has 0 aromatic rings. The molecule has 0 radical (unpaired) electrons. The fourth-order valence-corrected chi connectivity index (χ4v) is 7.18. The van der Waals surface area contributed by atoms with Gasteiger partial charge in [0.05, 0.1) is 0 Å². The molecule has 0 aromatic heterocycles. The van der Waals surface area contributed by atoms with E-state index in [4.69, 9.17) is 14.2 Å². The number of rotatable bonds is 48. The molecule has 0 saturated heterocycles. The zero-order chi connectivity index (χ0) is 46.3. The van der Waals surface area contributed by atoms with Crippen LogP contribution in [-0.4, -0.2) is 37.9 Å². The molecule has 0 spiro atoms. The first-order chi connectivity index (χ1) is 31.6. The smallest absolute Gasteiger partial charge is 0.305 e. The van der Waals surface area contributed by atoms with Crippen molar-refractivity contribution in [2.45, 2.75) is 245 Å². The number of hydrogen-bond acceptors (Lipinski definition) is 5. The van der Waals surface area contributed by atoms with Crippen molar-refractivity contribution in [3.8, 4) is 0 Å². The van der Waals surface area contributed by atoms with Crippen molar-refractivity contribution in [1.29, 1.82) is 0 Å². The third-order valence-electron chi connectivity index (χ3n) is 11.2. The summed E-state index contributed by atoms with van der Waals surface area (Å²) >= 11 is 0. The molecule has 0 aromatic carbocycles. The van der Waals surface area contributed by atoms with E-state index in [1.54, 1.807) is 0 Å². The molecule has 5 nitrogen and oxygen atoms in total. The van der Waals surface area contributed by atoms with Crippen LogP contribution in [0.3, 0.4) is 0 Å². The van der Waals surface area contributed by atoms with Gasteiger partial charge in [0.15, 0.2) is 0 Å². The second-order valence-electron chi connectivity index (χ2n) is 17.4. The van der Waals surface area contributed by atoms with Gasteiger partial charge < -0.3 is 14.2 Å². The summed E-state index contributed by atoms with van der Waals surface area (Å²) in [6, 6.07) is 0. The Bertz CT molecular complexity index is 1230. The molecule has 5 heteroatoms. The van der Waals surface area contributed by atoms with Gasteiger partial charge in [-0.05, 0) is 89.9 Å². The second-order valence-corrected chi connectivity index (χ2v) is 17.4. The molecule has 64 heavy (non-hydrogen) atoms. The highest BCUT2D eigenvalue weighted by atomic mass is 16.6. The normalized spacial score (nSPS) is 13.0. The first-order valence-corrected chi connectivity index (χ1v) is 26.8. The van der Waals surface area contributed by atoms with Gasteiger partial charge >= 0.3 is 11.9 Å². The van der Waals surface area contributed by atoms with Gasteiger partial charge in [0, 0.05) is 19.4 Å². The molecule has 0 rings (SSSR count). The number of carbonyl (C=O) groups is 2. The molecule has 0 bridgehead atoms. The zero-order valence-electron chi connectivity index (χ0n) is 42.0. The van der Waals surface area contributed by atoms with E-state index < -0.39 is 6.10 Å². The molecule has 366 valence electrons. The van der Waals surface area contributed by atoms with Crippen LogP contribution in [0.2, 0.25) is 0 Å². The minimum atomic E-state index is -0.434. The number of carbonyl (C=O) groups excluding carboxylic acids is 2. The first kappa shape index (κ1) is 60.8. The van der Waals surface area contributed by atoms with Crippen LogP contribution in [0.15, 0.2) is 97.2 Å². The molecular weight excluding hydrogens is 789 g/mol. The number of unbranched alkanes of at least 4 members (excludes halogenated alkanes) is 21. The molecule has 0 amide bonds. The van der Waals surface area contributed by atoms with Crippen molar-refractivity contribution >= 4 is 11.9 Å². The Morgan fingerprint density at radius 1 is 0.344 bits per heavy atom. The van der Waals surface area contributed by atoms with Crippen LogP contribution in [0.4, 0.5) is 0 Å². The quantitative estimate of drug-likeness (QED) is 0.0346. The van der Waals surface area contributed by atoms with E-state index in [1.807, 2.05) is 0 Å². The zero-order valence-corrected chi connectivity index (χ0v) is 42.0. The van der Waals surface area contributed by atoms with E-state index in [0.29, 0.717) is 19.4 Å². The van der Waals surface area contributed by atoms with Crippen molar-refractivity contribution in [2.24, 2.45) is 0 Å². The van der Waals surface area contributed by atoms with Gasteiger partial charge in [-0.25, -0.2) is 0 Å². The maximum Gasteiger partial charge on any atom is 0.305 e. The Labute approximate surface area is 396 Å². The van der Waals surface area contributed by atoms with Crippen LogP contribution >= 0.6 is 0 Å². The summed E-state index contributed by atoms with van der Waals surface area (Å²) in [5.41, 5.74) is 0. The largest absolute Gasteiger partial charge is 0.463 e. The van der Waals surface area contributed by atoms with E-state index in [1.165, 1.54) is 103 Å². The summed E-state index contributed by atoms with van der Waals surface area (Å²) in [6.07, 6.45) is 73.0. The maximum absolute atomic E-state index is 12.6. The highest BCUT2D eigenvalue weighted by Crippen LogP contribution is 2.15. The minimum Gasteiger partial charge on any atom is -0.463 e. The van der Waals surface area contributed by atoms with Crippen molar-refractivity contribution < 1.29 is 23.8 Å². The molecule has 0 heterocycles. The summed E-state index contributed by atoms with van der Waals surface area (Å²) in [5, 5.41) is 0. The van der Waals surface area contributed by atoms with Gasteiger partial charge in [-0.15, -0.1) is 0 Å². The average molecular weight is 889 g/mol. The Kier molecular flexibility index (Phi) is 51.5. The molecule has 0 fully saturated rings. The summed E-state index contributed by atoms with van der Waals surface area (Å²) in [6.45, 7) is 7.43. The molecule has 0 aliphatic heterocycles. The molecule has 0 aliphatic carbocycles. The molecular formula is C59H100O5. The van der Waals surface area contributed by atoms with Crippen LogP contribution in [0, 0.1) is 0 Å². The number of esters is 2. The van der Waals surface area contributed by atoms with Crippen molar-refractivity contribution in [3.05, 3.63) is 97.2 Å². The van der Waals surface area contributed by atoms with Crippen molar-refractivity contribution in [2.75, 3.05) is 19.8 Å². The summed E-state index contributed by atoms with van der Waals surface area (Å²) in [4.78, 5) is 25.2. The standard InChI is InChI=1S/C59H100O5/c1-4-7-10-13-16-19-22-25-28-30-32-35-38-41-44-47-50-53-59(61)64-56-57(62-54-51-48-45-42-39-36-33-29-26-23-20-17-14-11-8-5-2)55-63-58(60)52-49-46-43-40-37-34-31-27-24-21-18-15-12-9-6-3/h7,9-10,12,16,18-19,21,25,27-28,31-32,35,41,44,57H,4-6,8,11,13-15,17,20,22-24,26,29-30,33-34,36-40,42-43,45-56H2,1-3H3/b10-7-,12-9-,19-16-,21-18-,28-25-,31-27-,35-32-,44-41-/t57-/m0/s1. The lowest BCUT2D eigenvalue weighted by atomic mass is 10.0. The Morgan fingerprint density at radius 2 is 0.656 bits per heavy atom. The van der Waals surface area contributed by atoms with E-state index in [-0.39, 0.29) is 25.2 Å². The molecule has 0 saturated carbocycles. The fraction of sp³-hybridized carbons (Fsp3) is 0.695. The van der Waals surface area contributed by atoms with Crippen molar-refractivity contribution in [3.63, 3.8) is 0 Å². The van der Waals surface area contributed by atoms with Crippen LogP contribution in [0.1, 0.15) is 239 Å². The van der Waals surface area contributed by atoms with E-state index in [2.05, 4.69) is 118 Å². The first-order valence-electron chi connectivity index (χ1n) is 26.8. The third-order valence-corrected chi connectivity index (χ3v) is 11.2. The Morgan fingerprint density at radius 3 is 1.06 bits per heavy atom. The van der Waals surface area contributed by atoms with E-state index >= 15 is 0 Å². The lowest BCUT2D eigenvalue weighted by molar-refractivity contribution is -0.155. The van der Waals surface area contributed by atoms with Gasteiger partial charge in [-0.2, -0.15) is 0 Å². The highest BCUT2D eigenvalue weighted by Gasteiger charge is 2.16. The fourth-order valence-electron chi connectivity index (χ4n) is 7.18. The number of hydrogen-bond donors (Lipinski definition) is 0. The van der Waals surface area contributed by atoms with Crippen LogP contribution in [0.25, 0.3) is 0 Å². The summed E-state index contributed by atoms with van der Waals surface area (Å²) < 4.78 is 17.4. The Balaban J connectivity index is 4.38. The number of allylic oxidation sites excluding steroid dienone is 16. The van der Waals surface area contributed by atoms with Gasteiger partial charge in [-0.3, -0.25) is 9.59 Å². The monoisotopic (exact) mass is 889 g/mol. The molecule has 0 N–H and O–H groups in total. The summed E-state index contributed by atoms with van der Waals surface area (Å²) in [7, 11) is 0. The Hall–Kier alpha value is -3.18. The van der Waals surface area contributed by atoms with Gasteiger partial charge in [-0.1, -0.05) is 234 Å². The minimum absolute atomic E-state index is 0.119. The van der Waals surface area contributed by atoms with Crippen molar-refractivity contribution in [1.82, 2.24) is 0 Å². The highest BCUT2D eigenvalue weighted by molar-refractivity contribution is 5.69. The third kappa shape index (κ3) is 51.5. The SMILES string of the molecule is CC/C=C\C/C=C\C/C=C\C/C=C\C/C=C\CCCC(=O)OC[C@H](COC(=O)CCCCCCC/C=C\C/C=C\C/C=C\CC)OCCCCCCCCCCCCCCCCCC. The topological polar surface area (TPSA) is 61.8 Å². The van der Waals surface area contributed by atoms with Crippen LogP contribution < -0.4 is 0 Å². The number of ether oxygens (including phenoxy) is 3.